The van der Waals surface area contributed by atoms with E-state index in [9.17, 15) is 4.79 Å². The highest BCUT2D eigenvalue weighted by Gasteiger charge is 2.17. The van der Waals surface area contributed by atoms with Gasteiger partial charge in [0.05, 0.1) is 23.9 Å². The first-order valence-electron chi connectivity index (χ1n) is 8.50. The number of nitrogens with zero attached hydrogens (tertiary/aromatic N) is 1. The SMILES string of the molecule is Cc1cccc(OCCCNC(=O)NCc2csc(C(C)(C)C)n2)c1. The number of carbonyl (C=O) groups is 1. The van der Waals surface area contributed by atoms with Crippen LogP contribution in [0.15, 0.2) is 29.6 Å². The largest absolute Gasteiger partial charge is 0.494 e. The monoisotopic (exact) mass is 361 g/mol. The zero-order valence-electron chi connectivity index (χ0n) is 15.4. The van der Waals surface area contributed by atoms with Gasteiger partial charge in [-0.15, -0.1) is 11.3 Å². The second-order valence-electron chi connectivity index (χ2n) is 7.02. The van der Waals surface area contributed by atoms with Crippen molar-refractivity contribution in [2.24, 2.45) is 0 Å². The van der Waals surface area contributed by atoms with E-state index >= 15 is 0 Å². The summed E-state index contributed by atoms with van der Waals surface area (Å²) in [6.45, 7) is 10.0. The fraction of sp³-hybridized carbons (Fsp3) is 0.474. The van der Waals surface area contributed by atoms with Crippen LogP contribution in [-0.4, -0.2) is 24.2 Å². The second kappa shape index (κ2) is 8.85. The van der Waals surface area contributed by atoms with E-state index in [1.165, 1.54) is 5.56 Å². The van der Waals surface area contributed by atoms with Gasteiger partial charge in [0.2, 0.25) is 0 Å². The summed E-state index contributed by atoms with van der Waals surface area (Å²) in [7, 11) is 0. The highest BCUT2D eigenvalue weighted by Crippen LogP contribution is 2.25. The Balaban J connectivity index is 1.60. The van der Waals surface area contributed by atoms with E-state index in [1.54, 1.807) is 11.3 Å². The van der Waals surface area contributed by atoms with E-state index in [1.807, 2.05) is 36.6 Å². The molecule has 0 unspecified atom stereocenters. The van der Waals surface area contributed by atoms with Crippen LogP contribution in [0, 0.1) is 6.92 Å². The first-order chi connectivity index (χ1) is 11.8. The highest BCUT2D eigenvalue weighted by atomic mass is 32.1. The number of thiazole rings is 1. The zero-order valence-corrected chi connectivity index (χ0v) is 16.2. The summed E-state index contributed by atoms with van der Waals surface area (Å²) in [5.41, 5.74) is 2.11. The molecule has 2 N–H and O–H groups in total. The summed E-state index contributed by atoms with van der Waals surface area (Å²) in [6.07, 6.45) is 0.756. The van der Waals surface area contributed by atoms with Crippen LogP contribution < -0.4 is 15.4 Å². The number of urea groups is 1. The number of amides is 2. The molecule has 0 radical (unpaired) electrons. The molecule has 0 saturated carbocycles. The summed E-state index contributed by atoms with van der Waals surface area (Å²) >= 11 is 1.63. The van der Waals surface area contributed by atoms with Gasteiger partial charge in [0.25, 0.3) is 0 Å². The molecule has 25 heavy (non-hydrogen) atoms. The average Bonchev–Trinajstić information content (AvgIpc) is 3.02. The molecule has 1 aromatic heterocycles. The predicted octanol–water partition coefficient (Wildman–Crippen LogP) is 4.02. The maximum absolute atomic E-state index is 11.8. The van der Waals surface area contributed by atoms with Crippen molar-refractivity contribution >= 4 is 17.4 Å². The number of aromatic nitrogens is 1. The standard InChI is InChI=1S/C19H27N3O2S/c1-14-7-5-8-16(11-14)24-10-6-9-20-18(23)21-12-15-13-25-17(22-15)19(2,3)4/h5,7-8,11,13H,6,9-10,12H2,1-4H3,(H2,20,21,23). The molecule has 2 amide bonds. The number of aryl methyl sites for hydroxylation is 1. The van der Waals surface area contributed by atoms with Gasteiger partial charge in [-0.25, -0.2) is 9.78 Å². The fourth-order valence-electron chi connectivity index (χ4n) is 2.14. The van der Waals surface area contributed by atoms with E-state index in [0.717, 1.165) is 22.9 Å². The Kier molecular flexibility index (Phi) is 6.82. The quantitative estimate of drug-likeness (QED) is 0.732. The van der Waals surface area contributed by atoms with Crippen molar-refractivity contribution in [3.8, 4) is 5.75 Å². The third-order valence-electron chi connectivity index (χ3n) is 3.49. The average molecular weight is 362 g/mol. The molecule has 0 spiro atoms. The number of carbonyl (C=O) groups excluding carboxylic acids is 1. The number of hydrogen-bond donors (Lipinski definition) is 2. The first kappa shape index (κ1) is 19.2. The fourth-order valence-corrected chi connectivity index (χ4v) is 3.04. The normalized spacial score (nSPS) is 11.2. The Hall–Kier alpha value is -2.08. The molecule has 6 heteroatoms. The van der Waals surface area contributed by atoms with E-state index in [4.69, 9.17) is 4.74 Å². The van der Waals surface area contributed by atoms with Crippen molar-refractivity contribution in [1.29, 1.82) is 0 Å². The van der Waals surface area contributed by atoms with E-state index in [-0.39, 0.29) is 11.4 Å². The summed E-state index contributed by atoms with van der Waals surface area (Å²) < 4.78 is 5.65. The topological polar surface area (TPSA) is 63.2 Å². The van der Waals surface area contributed by atoms with Crippen molar-refractivity contribution in [2.45, 2.75) is 46.1 Å². The summed E-state index contributed by atoms with van der Waals surface area (Å²) in [4.78, 5) is 16.4. The number of ether oxygens (including phenoxy) is 1. The van der Waals surface area contributed by atoms with Crippen LogP contribution in [0.5, 0.6) is 5.75 Å². The Morgan fingerprint density at radius 3 is 2.76 bits per heavy atom. The minimum Gasteiger partial charge on any atom is -0.494 e. The first-order valence-corrected chi connectivity index (χ1v) is 9.38. The van der Waals surface area contributed by atoms with Gasteiger partial charge in [-0.05, 0) is 31.0 Å². The molecule has 5 nitrogen and oxygen atoms in total. The van der Waals surface area contributed by atoms with Crippen molar-refractivity contribution in [1.82, 2.24) is 15.6 Å². The Labute approximate surface area is 153 Å². The lowest BCUT2D eigenvalue weighted by Gasteiger charge is -2.13. The summed E-state index contributed by atoms with van der Waals surface area (Å²) in [5, 5.41) is 8.74. The predicted molar refractivity (Wildman–Crippen MR) is 102 cm³/mol. The molecule has 2 rings (SSSR count). The van der Waals surface area contributed by atoms with Crippen molar-refractivity contribution in [3.05, 3.63) is 45.9 Å². The summed E-state index contributed by atoms with van der Waals surface area (Å²) in [5.74, 6) is 0.864. The Morgan fingerprint density at radius 2 is 2.08 bits per heavy atom. The number of hydrogen-bond acceptors (Lipinski definition) is 4. The minimum atomic E-state index is -0.180. The maximum Gasteiger partial charge on any atom is 0.315 e. The molecular formula is C19H27N3O2S. The molecule has 0 aliphatic carbocycles. The Morgan fingerprint density at radius 1 is 1.28 bits per heavy atom. The van der Waals surface area contributed by atoms with Crippen LogP contribution in [0.4, 0.5) is 4.79 Å². The van der Waals surface area contributed by atoms with Gasteiger partial charge >= 0.3 is 6.03 Å². The van der Waals surface area contributed by atoms with Gasteiger partial charge in [-0.1, -0.05) is 32.9 Å². The van der Waals surface area contributed by atoms with Crippen molar-refractivity contribution < 1.29 is 9.53 Å². The molecule has 0 aliphatic heterocycles. The lowest BCUT2D eigenvalue weighted by Crippen LogP contribution is -2.36. The molecule has 0 saturated heterocycles. The number of benzene rings is 1. The maximum atomic E-state index is 11.8. The van der Waals surface area contributed by atoms with Gasteiger partial charge in [-0.2, -0.15) is 0 Å². The molecule has 0 bridgehead atoms. The van der Waals surface area contributed by atoms with Crippen LogP contribution in [0.1, 0.15) is 43.5 Å². The lowest BCUT2D eigenvalue weighted by molar-refractivity contribution is 0.238. The molecular weight excluding hydrogens is 334 g/mol. The van der Waals surface area contributed by atoms with Crippen LogP contribution in [0.25, 0.3) is 0 Å². The highest BCUT2D eigenvalue weighted by molar-refractivity contribution is 7.09. The van der Waals surface area contributed by atoms with Crippen LogP contribution in [-0.2, 0) is 12.0 Å². The molecule has 1 aromatic carbocycles. The number of rotatable bonds is 7. The third kappa shape index (κ3) is 6.74. The van der Waals surface area contributed by atoms with Gasteiger partial charge in [-0.3, -0.25) is 0 Å². The molecule has 2 aromatic rings. The van der Waals surface area contributed by atoms with E-state index < -0.39 is 0 Å². The number of nitrogens with one attached hydrogen (secondary N) is 2. The lowest BCUT2D eigenvalue weighted by atomic mass is 9.98. The van der Waals surface area contributed by atoms with Crippen LogP contribution in [0.2, 0.25) is 0 Å². The second-order valence-corrected chi connectivity index (χ2v) is 7.88. The molecule has 0 aliphatic rings. The van der Waals surface area contributed by atoms with E-state index in [0.29, 0.717) is 19.7 Å². The molecule has 0 fully saturated rings. The Bertz CT molecular complexity index is 692. The zero-order chi connectivity index (χ0) is 18.3. The summed E-state index contributed by atoms with van der Waals surface area (Å²) in [6, 6.07) is 7.76. The molecule has 136 valence electrons. The van der Waals surface area contributed by atoms with Crippen molar-refractivity contribution in [2.75, 3.05) is 13.2 Å². The van der Waals surface area contributed by atoms with Gasteiger partial charge in [0, 0.05) is 17.3 Å². The smallest absolute Gasteiger partial charge is 0.315 e. The third-order valence-corrected chi connectivity index (χ3v) is 4.81. The van der Waals surface area contributed by atoms with Gasteiger partial charge < -0.3 is 15.4 Å². The van der Waals surface area contributed by atoms with Crippen LogP contribution in [0.3, 0.4) is 0 Å². The van der Waals surface area contributed by atoms with Crippen LogP contribution >= 0.6 is 11.3 Å². The minimum absolute atomic E-state index is 0.0441. The van der Waals surface area contributed by atoms with Crippen molar-refractivity contribution in [3.63, 3.8) is 0 Å². The van der Waals surface area contributed by atoms with Gasteiger partial charge in [0.15, 0.2) is 0 Å². The molecule has 0 atom stereocenters. The molecule has 1 heterocycles. The van der Waals surface area contributed by atoms with E-state index in [2.05, 4.69) is 36.4 Å². The van der Waals surface area contributed by atoms with Gasteiger partial charge in [0.1, 0.15) is 5.75 Å².